The lowest BCUT2D eigenvalue weighted by Crippen LogP contribution is -2.63. The number of anilines is 2. The molecule has 0 bridgehead atoms. The van der Waals surface area contributed by atoms with Crippen LogP contribution in [0.5, 0.6) is 0 Å². The smallest absolute Gasteiger partial charge is 0.251 e. The molecule has 1 spiro atoms. The van der Waals surface area contributed by atoms with Gasteiger partial charge in [0.1, 0.15) is 34.2 Å². The molecule has 7 aliphatic rings. The summed E-state index contributed by atoms with van der Waals surface area (Å²) in [7, 11) is 0. The van der Waals surface area contributed by atoms with Crippen molar-refractivity contribution in [2.45, 2.75) is 177 Å². The van der Waals surface area contributed by atoms with Crippen molar-refractivity contribution in [3.63, 3.8) is 0 Å². The maximum atomic E-state index is 12.9. The van der Waals surface area contributed by atoms with Crippen LogP contribution in [0.4, 0.5) is 11.4 Å². The predicted octanol–water partition coefficient (Wildman–Crippen LogP) is 9.39. The van der Waals surface area contributed by atoms with Crippen molar-refractivity contribution in [3.8, 4) is 0 Å². The molecule has 7 aromatic carbocycles. The molecular formula is C97H121N13O12. The molecule has 0 radical (unpaired) electrons. The number of benzene rings is 7. The van der Waals surface area contributed by atoms with E-state index in [2.05, 4.69) is 46.8 Å². The molecule has 11 N–H and O–H groups in total. The standard InChI is InChI=1S/C26H31N3O3.C24H27N3O3.C24H29N3O3.C23H34N4O3/c27-25(32)23-11-5-4-7-20(23)19-22(30)10-6-15-28-17-13-26(14-18-28)24(31)12-16-29(26)21-8-2-1-3-9-21;25-24(30)21-7-3-1-5-17(21)15-20(28)11-14-26-12-9-19(10-13-26)27-22-8-4-2-6-18(22)16-23(27)29;25-23(29)22-11-5-4-9-19(22)17-21(28)10-6-14-27-15-12-20(13-16-27)26-24(30)18-7-2-1-3-8-18;24-21(29)20-9-3-2-7-18(20)17-19(28)8-6-12-26-15-10-23(11-16-26,22(25)30)27-13-4-1-5-14-27/h1-5,7-9,11H,6,10,12-19H2,(H2,27,32);1-8,19H,9-16H2,(H2,25,30);1-5,7-9,11,20H,6,10,12-17H2,(H2,25,29)(H,26,30);2-3,7,9H,1,4-6,8,10-17H2,(H2,24,29)(H2,25,30). The molecule has 7 aromatic rings. The number of rotatable bonds is 33. The van der Waals surface area contributed by atoms with Crippen LogP contribution in [-0.2, 0) is 65.7 Å². The van der Waals surface area contributed by atoms with Crippen LogP contribution in [-0.4, -0.2) is 216 Å². The number of Topliss-reactive ketones (excluding diaryl/α,β-unsaturated/α-hetero) is 5. The van der Waals surface area contributed by atoms with Gasteiger partial charge in [0.2, 0.25) is 35.4 Å². The lowest BCUT2D eigenvalue weighted by atomic mass is 9.83. The van der Waals surface area contributed by atoms with Crippen LogP contribution in [0.2, 0.25) is 0 Å². The van der Waals surface area contributed by atoms with Gasteiger partial charge in [0.05, 0.1) is 6.42 Å². The first-order valence-corrected chi connectivity index (χ1v) is 43.6. The normalized spacial score (nSPS) is 17.6. The zero-order valence-corrected chi connectivity index (χ0v) is 70.5. The second-order valence-electron chi connectivity index (χ2n) is 33.4. The van der Waals surface area contributed by atoms with Gasteiger partial charge in [0.15, 0.2) is 5.78 Å². The number of hydrogen-bond donors (Lipinski definition) is 6. The highest BCUT2D eigenvalue weighted by Gasteiger charge is 2.50. The average Bonchev–Trinajstić information content (AvgIpc) is 1.63. The van der Waals surface area contributed by atoms with Crippen LogP contribution in [0, 0.1) is 0 Å². The van der Waals surface area contributed by atoms with E-state index in [0.717, 1.165) is 192 Å². The Hall–Kier alpha value is -11.2. The number of nitrogens with one attached hydrogen (secondary N) is 1. The molecule has 6 fully saturated rings. The first-order valence-electron chi connectivity index (χ1n) is 43.6. The maximum absolute atomic E-state index is 12.9. The third kappa shape index (κ3) is 25.2. The van der Waals surface area contributed by atoms with Gasteiger partial charge in [0, 0.05) is 175 Å². The van der Waals surface area contributed by atoms with E-state index in [0.29, 0.717) is 101 Å². The van der Waals surface area contributed by atoms with Gasteiger partial charge in [-0.3, -0.25) is 62.4 Å². The van der Waals surface area contributed by atoms with Crippen molar-refractivity contribution >= 4 is 81.6 Å². The number of fused-ring (bicyclic) bond motifs is 1. The molecule has 25 heteroatoms. The number of para-hydroxylation sites is 2. The SMILES string of the molecule is NC(=O)c1ccccc1CC(=O)CCCN1CCC(C(N)=O)(N2CCCCC2)CC1.NC(=O)c1ccccc1CC(=O)CCCN1CCC(NC(=O)c2ccccc2)CC1.NC(=O)c1ccccc1CC(=O)CCCN1CCC2(CC1)C(=O)CCN2c1ccccc1.NC(=O)c1ccccc1CC(=O)CCN1CCC(N2C(=O)Cc3ccccc32)CC1. The molecule has 0 aromatic heterocycles. The monoisotopic (exact) mass is 1660 g/mol. The zero-order valence-electron chi connectivity index (χ0n) is 70.5. The second-order valence-corrected chi connectivity index (χ2v) is 33.4. The molecule has 7 amide bonds. The lowest BCUT2D eigenvalue weighted by molar-refractivity contribution is -0.135. The number of amides is 7. The van der Waals surface area contributed by atoms with Crippen molar-refractivity contribution in [3.05, 3.63) is 238 Å². The number of nitrogens with two attached hydrogens (primary N) is 5. The Labute approximate surface area is 716 Å². The van der Waals surface area contributed by atoms with Crippen molar-refractivity contribution in [2.75, 3.05) is 108 Å². The van der Waals surface area contributed by atoms with Gasteiger partial charge in [-0.05, 0) is 199 Å². The van der Waals surface area contributed by atoms with Gasteiger partial charge in [-0.15, -0.1) is 0 Å². The van der Waals surface area contributed by atoms with E-state index in [1.807, 2.05) is 102 Å². The molecule has 7 heterocycles. The summed E-state index contributed by atoms with van der Waals surface area (Å²) in [5.41, 5.74) is 35.0. The summed E-state index contributed by atoms with van der Waals surface area (Å²) in [6.07, 6.45) is 16.7. The summed E-state index contributed by atoms with van der Waals surface area (Å²) in [4.78, 5) is 162. The van der Waals surface area contributed by atoms with Gasteiger partial charge >= 0.3 is 0 Å². The van der Waals surface area contributed by atoms with Crippen LogP contribution in [0.25, 0.3) is 0 Å². The highest BCUT2D eigenvalue weighted by atomic mass is 16.2. The van der Waals surface area contributed by atoms with E-state index in [1.54, 1.807) is 72.8 Å². The number of carbonyl (C=O) groups excluding carboxylic acids is 12. The number of primary amides is 5. The van der Waals surface area contributed by atoms with Gasteiger partial charge in [0.25, 0.3) is 5.91 Å². The fourth-order valence-corrected chi connectivity index (χ4v) is 18.6. The number of ketones is 5. The highest BCUT2D eigenvalue weighted by molar-refractivity contribution is 6.03. The van der Waals surface area contributed by atoms with Crippen LogP contribution in [0.3, 0.4) is 0 Å². The Morgan fingerprint density at radius 2 is 0.770 bits per heavy atom. The van der Waals surface area contributed by atoms with Crippen LogP contribution in [0.1, 0.15) is 202 Å². The number of piperidine rings is 5. The predicted molar refractivity (Wildman–Crippen MR) is 472 cm³/mol. The Morgan fingerprint density at radius 3 is 1.22 bits per heavy atom. The molecule has 646 valence electrons. The number of likely N-dealkylation sites (tertiary alicyclic amines) is 5. The van der Waals surface area contributed by atoms with Crippen molar-refractivity contribution < 1.29 is 57.5 Å². The first-order chi connectivity index (χ1) is 59.0. The largest absolute Gasteiger partial charge is 0.368 e. The van der Waals surface area contributed by atoms with Crippen LogP contribution < -0.4 is 43.8 Å². The molecule has 6 saturated heterocycles. The molecule has 0 saturated carbocycles. The third-order valence-corrected chi connectivity index (χ3v) is 25.4. The topological polar surface area (TPSA) is 370 Å². The average molecular weight is 1660 g/mol. The number of carbonyl (C=O) groups is 12. The van der Waals surface area contributed by atoms with E-state index in [1.165, 1.54) is 6.42 Å². The Morgan fingerprint density at radius 1 is 0.385 bits per heavy atom. The van der Waals surface area contributed by atoms with E-state index in [9.17, 15) is 57.5 Å². The molecule has 0 atom stereocenters. The van der Waals surface area contributed by atoms with Gasteiger partial charge in [-0.2, -0.15) is 0 Å². The van der Waals surface area contributed by atoms with Crippen LogP contribution >= 0.6 is 0 Å². The summed E-state index contributed by atoms with van der Waals surface area (Å²) in [6, 6.07) is 56.1. The molecule has 25 nitrogen and oxygen atoms in total. The fourth-order valence-electron chi connectivity index (χ4n) is 18.6. The summed E-state index contributed by atoms with van der Waals surface area (Å²) in [5, 5.41) is 3.11. The van der Waals surface area contributed by atoms with E-state index in [4.69, 9.17) is 28.7 Å². The molecular weight excluding hydrogens is 1540 g/mol. The summed E-state index contributed by atoms with van der Waals surface area (Å²) in [6.45, 7) is 12.9. The maximum Gasteiger partial charge on any atom is 0.251 e. The van der Waals surface area contributed by atoms with Gasteiger partial charge < -0.3 is 63.4 Å². The van der Waals surface area contributed by atoms with Crippen molar-refractivity contribution in [1.29, 1.82) is 0 Å². The van der Waals surface area contributed by atoms with Gasteiger partial charge in [-0.1, -0.05) is 134 Å². The van der Waals surface area contributed by atoms with E-state index >= 15 is 0 Å². The van der Waals surface area contributed by atoms with E-state index in [-0.39, 0.29) is 84.2 Å². The lowest BCUT2D eigenvalue weighted by Gasteiger charge is -2.48. The molecule has 14 rings (SSSR count). The molecule has 0 aliphatic carbocycles. The second kappa shape index (κ2) is 45.1. The summed E-state index contributed by atoms with van der Waals surface area (Å²) in [5.74, 6) is -1.19. The minimum absolute atomic E-state index is 0.0177. The number of nitrogens with zero attached hydrogens (tertiary/aromatic N) is 7. The Balaban J connectivity index is 0.000000159. The quantitative estimate of drug-likeness (QED) is 0.0223. The van der Waals surface area contributed by atoms with Crippen molar-refractivity contribution in [1.82, 2.24) is 29.8 Å². The number of hydrogen-bond acceptors (Lipinski definition) is 18. The van der Waals surface area contributed by atoms with E-state index < -0.39 is 29.2 Å². The Bertz CT molecular complexity index is 4770. The van der Waals surface area contributed by atoms with Crippen molar-refractivity contribution in [2.24, 2.45) is 28.7 Å². The molecule has 0 unspecified atom stereocenters. The molecule has 7 aliphatic heterocycles. The molecule has 122 heavy (non-hydrogen) atoms. The summed E-state index contributed by atoms with van der Waals surface area (Å²) < 4.78 is 0. The van der Waals surface area contributed by atoms with Gasteiger partial charge in [-0.25, -0.2) is 0 Å². The summed E-state index contributed by atoms with van der Waals surface area (Å²) >= 11 is 0. The third-order valence-electron chi connectivity index (χ3n) is 25.4. The minimum atomic E-state index is -0.502. The highest BCUT2D eigenvalue weighted by Crippen LogP contribution is 2.40. The van der Waals surface area contributed by atoms with Crippen LogP contribution in [0.15, 0.2) is 182 Å². The first kappa shape index (κ1) is 91.5. The minimum Gasteiger partial charge on any atom is -0.368 e. The Kier molecular flexibility index (Phi) is 33.8. The fraction of sp³-hybridized carbons (Fsp3) is 0.443. The zero-order chi connectivity index (χ0) is 86.6.